The molecule has 0 aromatic heterocycles. The van der Waals surface area contributed by atoms with Crippen LogP contribution >= 0.6 is 0 Å². The van der Waals surface area contributed by atoms with Gasteiger partial charge in [0.25, 0.3) is 5.67 Å². The van der Waals surface area contributed by atoms with Crippen molar-refractivity contribution in [3.05, 3.63) is 0 Å². The van der Waals surface area contributed by atoms with Crippen molar-refractivity contribution in [2.75, 3.05) is 6.61 Å². The van der Waals surface area contributed by atoms with Crippen molar-refractivity contribution < 1.29 is 103 Å². The average Bonchev–Trinajstić information content (AvgIpc) is 2.89. The normalized spacial score (nSPS) is 25.8. The standard InChI is InChI=1S/C6H7FO3.C5H7FO.HI.K/c1-4(8)6(7)2-3-10-5(6)9;1-4(7)5(6)2-3-5;;/h2-3H2,1H3;2-3H2,1H3;1H;/q;;;+1/p-1. The second kappa shape index (κ2) is 8.47. The van der Waals surface area contributed by atoms with Gasteiger partial charge in [0, 0.05) is 6.42 Å². The first-order chi connectivity index (χ1) is 7.72. The summed E-state index contributed by atoms with van der Waals surface area (Å²) < 4.78 is 29.6. The summed E-state index contributed by atoms with van der Waals surface area (Å²) in [5, 5.41) is 0. The van der Waals surface area contributed by atoms with Crippen molar-refractivity contribution >= 4 is 17.5 Å². The van der Waals surface area contributed by atoms with Crippen LogP contribution in [-0.2, 0) is 19.1 Å². The average molecular weight is 414 g/mol. The summed E-state index contributed by atoms with van der Waals surface area (Å²) in [4.78, 5) is 31.2. The summed E-state index contributed by atoms with van der Waals surface area (Å²) in [6.07, 6.45) is 0.756. The molecule has 0 radical (unpaired) electrons. The summed E-state index contributed by atoms with van der Waals surface area (Å²) in [7, 11) is 0. The van der Waals surface area contributed by atoms with Crippen LogP contribution in [0.4, 0.5) is 8.78 Å². The Bertz CT molecular complexity index is 374. The second-order valence-corrected chi connectivity index (χ2v) is 4.26. The number of Topliss-reactive ketones (excluding diaryl/α,β-unsaturated/α-hetero) is 2. The molecule has 1 saturated heterocycles. The van der Waals surface area contributed by atoms with Gasteiger partial charge in [-0.2, -0.15) is 0 Å². The fraction of sp³-hybridized carbons (Fsp3) is 0.727. The van der Waals surface area contributed by atoms with Crippen LogP contribution in [0.25, 0.3) is 0 Å². The number of alkyl halides is 2. The van der Waals surface area contributed by atoms with Gasteiger partial charge in [-0.1, -0.05) is 0 Å². The Morgan fingerprint density at radius 3 is 1.68 bits per heavy atom. The molecule has 8 heteroatoms. The van der Waals surface area contributed by atoms with E-state index in [4.69, 9.17) is 0 Å². The van der Waals surface area contributed by atoms with Crippen molar-refractivity contribution in [2.24, 2.45) is 0 Å². The summed E-state index contributed by atoms with van der Waals surface area (Å²) >= 11 is 0. The van der Waals surface area contributed by atoms with Crippen molar-refractivity contribution in [3.8, 4) is 0 Å². The van der Waals surface area contributed by atoms with E-state index in [-0.39, 0.29) is 94.2 Å². The number of ether oxygens (including phenoxy) is 1. The Kier molecular flexibility index (Phi) is 9.95. The third-order valence-corrected chi connectivity index (χ3v) is 2.88. The molecule has 1 unspecified atom stereocenters. The maximum atomic E-state index is 13.0. The first-order valence-electron chi connectivity index (χ1n) is 5.29. The van der Waals surface area contributed by atoms with E-state index in [1.165, 1.54) is 6.92 Å². The van der Waals surface area contributed by atoms with Crippen LogP contribution < -0.4 is 75.4 Å². The van der Waals surface area contributed by atoms with E-state index in [2.05, 4.69) is 4.74 Å². The van der Waals surface area contributed by atoms with Gasteiger partial charge in [-0.05, 0) is 26.7 Å². The molecule has 2 aliphatic rings. The van der Waals surface area contributed by atoms with E-state index in [1.54, 1.807) is 0 Å². The van der Waals surface area contributed by atoms with Gasteiger partial charge in [-0.15, -0.1) is 0 Å². The Balaban J connectivity index is 0. The molecular weight excluding hydrogens is 400 g/mol. The van der Waals surface area contributed by atoms with E-state index >= 15 is 0 Å². The molecule has 104 valence electrons. The van der Waals surface area contributed by atoms with Gasteiger partial charge >= 0.3 is 57.4 Å². The zero-order chi connectivity index (χ0) is 13.3. The molecule has 0 N–H and O–H groups in total. The summed E-state index contributed by atoms with van der Waals surface area (Å²) in [6.45, 7) is 2.36. The molecule has 0 aromatic carbocycles. The number of esters is 1. The number of rotatable bonds is 2. The third-order valence-electron chi connectivity index (χ3n) is 2.88. The van der Waals surface area contributed by atoms with Crippen molar-refractivity contribution in [2.45, 2.75) is 44.4 Å². The minimum absolute atomic E-state index is 0. The zero-order valence-electron chi connectivity index (χ0n) is 11.1. The molecule has 4 nitrogen and oxygen atoms in total. The van der Waals surface area contributed by atoms with E-state index in [1.807, 2.05) is 0 Å². The predicted octanol–water partition coefficient (Wildman–Crippen LogP) is -4.68. The van der Waals surface area contributed by atoms with Gasteiger partial charge in [0.2, 0.25) is 0 Å². The molecule has 1 heterocycles. The summed E-state index contributed by atoms with van der Waals surface area (Å²) in [6, 6.07) is 0. The minimum atomic E-state index is -2.35. The Morgan fingerprint density at radius 1 is 1.11 bits per heavy atom. The maximum Gasteiger partial charge on any atom is 1.00 e. The largest absolute Gasteiger partial charge is 1.00 e. The molecule has 0 amide bonds. The molecule has 19 heavy (non-hydrogen) atoms. The molecule has 1 aliphatic carbocycles. The molecular formula is C11H14F2IKO4. The van der Waals surface area contributed by atoms with Crippen LogP contribution in [0.5, 0.6) is 0 Å². The van der Waals surface area contributed by atoms with Gasteiger partial charge in [0.1, 0.15) is 0 Å². The van der Waals surface area contributed by atoms with Crippen LogP contribution in [-0.4, -0.2) is 35.5 Å². The molecule has 1 atom stereocenters. The second-order valence-electron chi connectivity index (χ2n) is 4.26. The number of halogens is 3. The van der Waals surface area contributed by atoms with Crippen LogP contribution in [0.2, 0.25) is 0 Å². The third kappa shape index (κ3) is 5.74. The zero-order valence-corrected chi connectivity index (χ0v) is 16.4. The Hall–Kier alpha value is 1.04. The number of ketones is 2. The van der Waals surface area contributed by atoms with E-state index in [0.29, 0.717) is 12.8 Å². The van der Waals surface area contributed by atoms with Crippen LogP contribution in [0.3, 0.4) is 0 Å². The number of carbonyl (C=O) groups is 3. The fourth-order valence-electron chi connectivity index (χ4n) is 1.28. The van der Waals surface area contributed by atoms with Gasteiger partial charge < -0.3 is 28.7 Å². The van der Waals surface area contributed by atoms with Crippen molar-refractivity contribution in [1.82, 2.24) is 0 Å². The van der Waals surface area contributed by atoms with Crippen LogP contribution in [0.1, 0.15) is 33.1 Å². The molecule has 2 rings (SSSR count). The molecule has 0 spiro atoms. The number of carbonyl (C=O) groups excluding carboxylic acids is 3. The van der Waals surface area contributed by atoms with Crippen molar-refractivity contribution in [3.63, 3.8) is 0 Å². The van der Waals surface area contributed by atoms with Crippen molar-refractivity contribution in [1.29, 1.82) is 0 Å². The van der Waals surface area contributed by atoms with Crippen LogP contribution in [0, 0.1) is 0 Å². The first kappa shape index (κ1) is 22.3. The topological polar surface area (TPSA) is 60.4 Å². The van der Waals surface area contributed by atoms with Gasteiger partial charge in [0.05, 0.1) is 6.61 Å². The summed E-state index contributed by atoms with van der Waals surface area (Å²) in [5.74, 6) is -2.12. The molecule has 2 fully saturated rings. The Morgan fingerprint density at radius 2 is 1.58 bits per heavy atom. The van der Waals surface area contributed by atoms with Gasteiger partial charge in [0.15, 0.2) is 17.2 Å². The summed E-state index contributed by atoms with van der Waals surface area (Å²) in [5.41, 5.74) is -3.74. The van der Waals surface area contributed by atoms with E-state index in [9.17, 15) is 23.2 Å². The number of hydrogen-bond donors (Lipinski definition) is 0. The molecule has 0 bridgehead atoms. The smallest absolute Gasteiger partial charge is 1.00 e. The molecule has 0 aromatic rings. The monoisotopic (exact) mass is 414 g/mol. The van der Waals surface area contributed by atoms with Crippen LogP contribution in [0.15, 0.2) is 0 Å². The number of hydrogen-bond acceptors (Lipinski definition) is 4. The SMILES string of the molecule is CC(=O)C1(F)CC1.CC(=O)C1(F)CCOC1=O.[I-].[K+]. The van der Waals surface area contributed by atoms with Gasteiger partial charge in [-0.25, -0.2) is 13.6 Å². The van der Waals surface area contributed by atoms with Gasteiger partial charge in [-0.3, -0.25) is 9.59 Å². The first-order valence-corrected chi connectivity index (χ1v) is 5.29. The molecule has 1 saturated carbocycles. The van der Waals surface area contributed by atoms with E-state index < -0.39 is 23.1 Å². The minimum Gasteiger partial charge on any atom is -1.00 e. The maximum absolute atomic E-state index is 13.0. The Labute approximate surface area is 169 Å². The number of cyclic esters (lactones) is 1. The predicted molar refractivity (Wildman–Crippen MR) is 53.9 cm³/mol. The fourth-order valence-corrected chi connectivity index (χ4v) is 1.28. The quantitative estimate of drug-likeness (QED) is 0.197. The van der Waals surface area contributed by atoms with E-state index in [0.717, 1.165) is 6.92 Å². The molecule has 1 aliphatic heterocycles.